The largest absolute Gasteiger partial charge is 0.451 e. The summed E-state index contributed by atoms with van der Waals surface area (Å²) in [4.78, 5) is 3.95. The average molecular weight is 171 g/mol. The second-order valence-electron chi connectivity index (χ2n) is 2.07. The van der Waals surface area contributed by atoms with E-state index in [9.17, 15) is 0 Å². The highest BCUT2D eigenvalue weighted by Crippen LogP contribution is 2.09. The van der Waals surface area contributed by atoms with Gasteiger partial charge in [0.15, 0.2) is 6.39 Å². The van der Waals surface area contributed by atoms with Crippen molar-refractivity contribution in [2.45, 2.75) is 47.5 Å². The Balaban J connectivity index is 0. The Kier molecular flexibility index (Phi) is 11.7. The number of hydrogen-bond acceptors (Lipinski definition) is 2. The summed E-state index contributed by atoms with van der Waals surface area (Å²) >= 11 is 0. The van der Waals surface area contributed by atoms with Gasteiger partial charge < -0.3 is 4.42 Å². The van der Waals surface area contributed by atoms with Crippen molar-refractivity contribution >= 4 is 0 Å². The van der Waals surface area contributed by atoms with Gasteiger partial charge in [0.1, 0.15) is 6.26 Å². The second-order valence-corrected chi connectivity index (χ2v) is 2.07. The number of aromatic nitrogens is 1. The first-order valence-electron chi connectivity index (χ1n) is 4.69. The minimum absolute atomic E-state index is 0.480. The molecule has 0 bridgehead atoms. The minimum atomic E-state index is 0.480. The van der Waals surface area contributed by atoms with Crippen LogP contribution in [0.15, 0.2) is 17.1 Å². The molecule has 2 heteroatoms. The fraction of sp³-hybridized carbons (Fsp3) is 0.700. The van der Waals surface area contributed by atoms with E-state index in [1.807, 2.05) is 27.7 Å². The zero-order chi connectivity index (χ0) is 9.98. The molecule has 0 saturated heterocycles. The Bertz CT molecular complexity index is 145. The van der Waals surface area contributed by atoms with Gasteiger partial charge in [-0.2, -0.15) is 0 Å². The molecule has 0 saturated carbocycles. The molecule has 1 aromatic rings. The number of oxazole rings is 1. The predicted octanol–water partition coefficient (Wildman–Crippen LogP) is 3.85. The van der Waals surface area contributed by atoms with E-state index >= 15 is 0 Å². The molecule has 0 amide bonds. The van der Waals surface area contributed by atoms with Gasteiger partial charge in [0.05, 0.1) is 5.69 Å². The molecule has 1 heterocycles. The first-order chi connectivity index (χ1) is 5.80. The standard InChI is InChI=1S/C6H9NO.2C2H6/c1-5(2)6-3-8-4-7-6;2*1-2/h3-5H,1-2H3;2*1-2H3. The average Bonchev–Trinajstić information content (AvgIpc) is 2.64. The van der Waals surface area contributed by atoms with Crippen LogP contribution in [0.5, 0.6) is 0 Å². The van der Waals surface area contributed by atoms with Crippen molar-refractivity contribution in [3.63, 3.8) is 0 Å². The van der Waals surface area contributed by atoms with Crippen LogP contribution >= 0.6 is 0 Å². The van der Waals surface area contributed by atoms with E-state index in [2.05, 4.69) is 18.8 Å². The van der Waals surface area contributed by atoms with Crippen molar-refractivity contribution in [2.75, 3.05) is 0 Å². The van der Waals surface area contributed by atoms with Crippen LogP contribution in [-0.2, 0) is 0 Å². The molecule has 0 aliphatic carbocycles. The van der Waals surface area contributed by atoms with Crippen LogP contribution in [0.3, 0.4) is 0 Å². The van der Waals surface area contributed by atoms with Gasteiger partial charge in [-0.3, -0.25) is 0 Å². The maximum atomic E-state index is 4.76. The van der Waals surface area contributed by atoms with E-state index < -0.39 is 0 Å². The molecule has 1 aromatic heterocycles. The number of rotatable bonds is 1. The van der Waals surface area contributed by atoms with Crippen molar-refractivity contribution in [3.05, 3.63) is 18.4 Å². The molecule has 1 rings (SSSR count). The molecule has 0 spiro atoms. The summed E-state index contributed by atoms with van der Waals surface area (Å²) in [6.07, 6.45) is 3.12. The van der Waals surface area contributed by atoms with Gasteiger partial charge in [-0.15, -0.1) is 0 Å². The van der Waals surface area contributed by atoms with Gasteiger partial charge in [0.25, 0.3) is 0 Å². The lowest BCUT2D eigenvalue weighted by Crippen LogP contribution is -1.83. The third-order valence-corrected chi connectivity index (χ3v) is 1.04. The lowest BCUT2D eigenvalue weighted by atomic mass is 10.2. The molecule has 0 fully saturated rings. The Labute approximate surface area is 76.0 Å². The van der Waals surface area contributed by atoms with Crippen molar-refractivity contribution in [1.29, 1.82) is 0 Å². The van der Waals surface area contributed by atoms with E-state index in [1.165, 1.54) is 6.39 Å². The van der Waals surface area contributed by atoms with Gasteiger partial charge in [0.2, 0.25) is 0 Å². The zero-order valence-electron chi connectivity index (χ0n) is 9.09. The van der Waals surface area contributed by atoms with E-state index in [0.717, 1.165) is 5.69 Å². The predicted molar refractivity (Wildman–Crippen MR) is 53.3 cm³/mol. The van der Waals surface area contributed by atoms with Crippen LogP contribution in [0, 0.1) is 0 Å². The quantitative estimate of drug-likeness (QED) is 0.641. The Morgan fingerprint density at radius 1 is 1.17 bits per heavy atom. The molecule has 0 aliphatic rings. The second kappa shape index (κ2) is 10.2. The Morgan fingerprint density at radius 3 is 1.83 bits per heavy atom. The molecular formula is C10H21NO. The Morgan fingerprint density at radius 2 is 1.67 bits per heavy atom. The maximum absolute atomic E-state index is 4.76. The fourth-order valence-corrected chi connectivity index (χ4v) is 0.507. The minimum Gasteiger partial charge on any atom is -0.451 e. The molecule has 0 aliphatic heterocycles. The highest BCUT2D eigenvalue weighted by molar-refractivity contribution is 4.96. The number of nitrogens with zero attached hydrogens (tertiary/aromatic N) is 1. The normalized spacial score (nSPS) is 7.92. The molecule has 0 unspecified atom stereocenters. The molecule has 0 atom stereocenters. The summed E-state index contributed by atoms with van der Waals surface area (Å²) in [6, 6.07) is 0. The topological polar surface area (TPSA) is 26.0 Å². The molecule has 72 valence electrons. The molecule has 2 nitrogen and oxygen atoms in total. The van der Waals surface area contributed by atoms with Gasteiger partial charge in [0, 0.05) is 0 Å². The van der Waals surface area contributed by atoms with Gasteiger partial charge in [-0.05, 0) is 5.92 Å². The van der Waals surface area contributed by atoms with E-state index in [0.29, 0.717) is 5.92 Å². The summed E-state index contributed by atoms with van der Waals surface area (Å²) < 4.78 is 4.76. The van der Waals surface area contributed by atoms with Crippen LogP contribution in [0.2, 0.25) is 0 Å². The van der Waals surface area contributed by atoms with Crippen molar-refractivity contribution < 1.29 is 4.42 Å². The number of hydrogen-bond donors (Lipinski definition) is 0. The van der Waals surface area contributed by atoms with Gasteiger partial charge >= 0.3 is 0 Å². The van der Waals surface area contributed by atoms with Crippen molar-refractivity contribution in [3.8, 4) is 0 Å². The fourth-order valence-electron chi connectivity index (χ4n) is 0.507. The summed E-state index contributed by atoms with van der Waals surface area (Å²) in [6.45, 7) is 12.2. The van der Waals surface area contributed by atoms with Crippen LogP contribution in [0.4, 0.5) is 0 Å². The van der Waals surface area contributed by atoms with E-state index in [-0.39, 0.29) is 0 Å². The lowest BCUT2D eigenvalue weighted by Gasteiger charge is -1.92. The highest BCUT2D eigenvalue weighted by Gasteiger charge is 1.98. The summed E-state index contributed by atoms with van der Waals surface area (Å²) in [7, 11) is 0. The maximum Gasteiger partial charge on any atom is 0.180 e. The van der Waals surface area contributed by atoms with Crippen LogP contribution in [0.25, 0.3) is 0 Å². The molecule has 0 N–H and O–H groups in total. The molecule has 0 radical (unpaired) electrons. The highest BCUT2D eigenvalue weighted by atomic mass is 16.3. The first-order valence-corrected chi connectivity index (χ1v) is 4.69. The third kappa shape index (κ3) is 5.96. The first kappa shape index (κ1) is 13.8. The van der Waals surface area contributed by atoms with Crippen molar-refractivity contribution in [1.82, 2.24) is 4.98 Å². The van der Waals surface area contributed by atoms with Gasteiger partial charge in [-0.25, -0.2) is 4.98 Å². The van der Waals surface area contributed by atoms with Crippen LogP contribution in [0.1, 0.15) is 53.2 Å². The smallest absolute Gasteiger partial charge is 0.180 e. The van der Waals surface area contributed by atoms with E-state index in [4.69, 9.17) is 4.42 Å². The Hall–Kier alpha value is -0.790. The monoisotopic (exact) mass is 171 g/mol. The van der Waals surface area contributed by atoms with E-state index in [1.54, 1.807) is 6.26 Å². The summed E-state index contributed by atoms with van der Waals surface area (Å²) in [5.74, 6) is 0.480. The molecule has 0 aromatic carbocycles. The van der Waals surface area contributed by atoms with Crippen LogP contribution in [-0.4, -0.2) is 4.98 Å². The SMILES string of the molecule is CC.CC.CC(C)c1cocn1. The van der Waals surface area contributed by atoms with Gasteiger partial charge in [-0.1, -0.05) is 41.5 Å². The van der Waals surface area contributed by atoms with Crippen molar-refractivity contribution in [2.24, 2.45) is 0 Å². The molecule has 12 heavy (non-hydrogen) atoms. The molecular weight excluding hydrogens is 150 g/mol. The lowest BCUT2D eigenvalue weighted by molar-refractivity contribution is 0.555. The zero-order valence-corrected chi connectivity index (χ0v) is 9.09. The summed E-state index contributed by atoms with van der Waals surface area (Å²) in [5.41, 5.74) is 1.02. The van der Waals surface area contributed by atoms with Crippen LogP contribution < -0.4 is 0 Å². The summed E-state index contributed by atoms with van der Waals surface area (Å²) in [5, 5.41) is 0. The third-order valence-electron chi connectivity index (χ3n) is 1.04.